The fourth-order valence-corrected chi connectivity index (χ4v) is 4.58. The number of nitro groups is 1. The highest BCUT2D eigenvalue weighted by Crippen LogP contribution is 2.35. The van der Waals surface area contributed by atoms with Gasteiger partial charge < -0.3 is 19.2 Å². The number of nitrogens with zero attached hydrogens (tertiary/aromatic N) is 4. The van der Waals surface area contributed by atoms with E-state index in [1.807, 2.05) is 24.4 Å². The fourth-order valence-electron chi connectivity index (χ4n) is 4.58. The van der Waals surface area contributed by atoms with Gasteiger partial charge in [-0.25, -0.2) is 4.98 Å². The molecule has 2 aromatic heterocycles. The van der Waals surface area contributed by atoms with E-state index in [9.17, 15) is 14.9 Å². The van der Waals surface area contributed by atoms with Crippen LogP contribution in [0.5, 0.6) is 5.75 Å². The summed E-state index contributed by atoms with van der Waals surface area (Å²) < 4.78 is 6.93. The van der Waals surface area contributed by atoms with Crippen LogP contribution >= 0.6 is 0 Å². The van der Waals surface area contributed by atoms with Crippen LogP contribution in [0.2, 0.25) is 0 Å². The summed E-state index contributed by atoms with van der Waals surface area (Å²) in [6.07, 6.45) is 8.38. The summed E-state index contributed by atoms with van der Waals surface area (Å²) in [6.45, 7) is 1.19. The number of amides is 1. The number of rotatable bonds is 5. The third-order valence-corrected chi connectivity index (χ3v) is 6.34. The maximum Gasteiger partial charge on any atom is 0.294 e. The number of piperidine rings is 1. The molecule has 9 heteroatoms. The van der Waals surface area contributed by atoms with E-state index in [-0.39, 0.29) is 11.6 Å². The predicted molar refractivity (Wildman–Crippen MR) is 123 cm³/mol. The number of methoxy groups -OCH3 is 1. The first-order valence-corrected chi connectivity index (χ1v) is 10.8. The van der Waals surface area contributed by atoms with Crippen LogP contribution in [0.25, 0.3) is 16.6 Å². The maximum atomic E-state index is 13.1. The molecule has 2 aromatic carbocycles. The number of nitro benzene ring substituents is 1. The molecule has 3 heterocycles. The number of likely N-dealkylation sites (tertiary alicyclic amines) is 1. The van der Waals surface area contributed by atoms with E-state index in [1.54, 1.807) is 41.1 Å². The minimum absolute atomic E-state index is 0.124. The van der Waals surface area contributed by atoms with Crippen molar-refractivity contribution in [1.29, 1.82) is 0 Å². The number of aromatic nitrogens is 3. The summed E-state index contributed by atoms with van der Waals surface area (Å²) in [4.78, 5) is 33.3. The lowest BCUT2D eigenvalue weighted by Crippen LogP contribution is -2.37. The van der Waals surface area contributed by atoms with Gasteiger partial charge >= 0.3 is 0 Å². The van der Waals surface area contributed by atoms with Crippen molar-refractivity contribution in [1.82, 2.24) is 19.4 Å². The number of fused-ring (bicyclic) bond motifs is 1. The van der Waals surface area contributed by atoms with Crippen molar-refractivity contribution in [3.8, 4) is 11.4 Å². The molecule has 0 aliphatic carbocycles. The van der Waals surface area contributed by atoms with Gasteiger partial charge in [0.25, 0.3) is 11.6 Å². The van der Waals surface area contributed by atoms with Gasteiger partial charge in [0.15, 0.2) is 0 Å². The summed E-state index contributed by atoms with van der Waals surface area (Å²) >= 11 is 0. The molecule has 0 spiro atoms. The predicted octanol–water partition coefficient (Wildman–Crippen LogP) is 4.29. The first kappa shape index (κ1) is 20.7. The molecule has 1 saturated heterocycles. The SMILES string of the molecule is COc1ccc2[nH]cc(C3CCN(C(=O)c4ccc(-n5ccnc5)c([N+](=O)[O-])c4)CC3)c2c1. The summed E-state index contributed by atoms with van der Waals surface area (Å²) in [6, 6.07) is 10.6. The van der Waals surface area contributed by atoms with Gasteiger partial charge in [-0.2, -0.15) is 0 Å². The van der Waals surface area contributed by atoms with E-state index < -0.39 is 4.92 Å². The second-order valence-electron chi connectivity index (χ2n) is 8.15. The van der Waals surface area contributed by atoms with Gasteiger partial charge in [0.1, 0.15) is 11.4 Å². The van der Waals surface area contributed by atoms with Crippen molar-refractivity contribution in [3.63, 3.8) is 0 Å². The first-order valence-electron chi connectivity index (χ1n) is 10.8. The van der Waals surface area contributed by atoms with Gasteiger partial charge in [-0.3, -0.25) is 14.9 Å². The van der Waals surface area contributed by atoms with E-state index in [2.05, 4.69) is 9.97 Å². The van der Waals surface area contributed by atoms with Crippen LogP contribution in [0.15, 0.2) is 61.3 Å². The number of benzene rings is 2. The summed E-state index contributed by atoms with van der Waals surface area (Å²) in [5.74, 6) is 0.957. The molecule has 0 saturated carbocycles. The average Bonchev–Trinajstić information content (AvgIpc) is 3.53. The number of carbonyl (C=O) groups is 1. The molecule has 1 aliphatic rings. The fraction of sp³-hybridized carbons (Fsp3) is 0.250. The zero-order valence-corrected chi connectivity index (χ0v) is 18.1. The third kappa shape index (κ3) is 3.82. The van der Waals surface area contributed by atoms with Crippen molar-refractivity contribution in [2.45, 2.75) is 18.8 Å². The Morgan fingerprint density at radius 2 is 2.03 bits per heavy atom. The molecular weight excluding hydrogens is 422 g/mol. The number of carbonyl (C=O) groups excluding carboxylic acids is 1. The van der Waals surface area contributed by atoms with Gasteiger partial charge in [0.05, 0.1) is 18.4 Å². The molecule has 33 heavy (non-hydrogen) atoms. The van der Waals surface area contributed by atoms with Crippen molar-refractivity contribution in [3.05, 3.63) is 82.6 Å². The van der Waals surface area contributed by atoms with Crippen LogP contribution in [0.3, 0.4) is 0 Å². The number of nitrogens with one attached hydrogen (secondary N) is 1. The first-order chi connectivity index (χ1) is 16.0. The molecule has 1 aliphatic heterocycles. The Labute approximate surface area is 189 Å². The molecule has 1 N–H and O–H groups in total. The Hall–Kier alpha value is -4.14. The van der Waals surface area contributed by atoms with Crippen LogP contribution in [0.4, 0.5) is 5.69 Å². The number of imidazole rings is 1. The van der Waals surface area contributed by atoms with E-state index in [0.717, 1.165) is 29.5 Å². The average molecular weight is 445 g/mol. The summed E-state index contributed by atoms with van der Waals surface area (Å²) in [5, 5.41) is 12.8. The smallest absolute Gasteiger partial charge is 0.294 e. The lowest BCUT2D eigenvalue weighted by molar-refractivity contribution is -0.384. The molecule has 9 nitrogen and oxygen atoms in total. The van der Waals surface area contributed by atoms with E-state index >= 15 is 0 Å². The van der Waals surface area contributed by atoms with E-state index in [0.29, 0.717) is 30.3 Å². The molecule has 0 unspecified atom stereocenters. The van der Waals surface area contributed by atoms with Crippen molar-refractivity contribution in [2.75, 3.05) is 20.2 Å². The number of hydrogen-bond donors (Lipinski definition) is 1. The number of H-pyrrole nitrogens is 1. The molecular formula is C24H23N5O4. The highest BCUT2D eigenvalue weighted by atomic mass is 16.6. The summed E-state index contributed by atoms with van der Waals surface area (Å²) in [7, 11) is 1.66. The molecule has 0 radical (unpaired) electrons. The zero-order valence-electron chi connectivity index (χ0n) is 18.1. The topological polar surface area (TPSA) is 106 Å². The van der Waals surface area contributed by atoms with Gasteiger partial charge in [-0.1, -0.05) is 0 Å². The van der Waals surface area contributed by atoms with Gasteiger partial charge in [-0.05, 0) is 54.7 Å². The Bertz CT molecular complexity index is 1320. The molecule has 168 valence electrons. The highest BCUT2D eigenvalue weighted by Gasteiger charge is 2.28. The lowest BCUT2D eigenvalue weighted by atomic mass is 9.89. The molecule has 0 atom stereocenters. The second-order valence-corrected chi connectivity index (χ2v) is 8.15. The standard InChI is InChI=1S/C24H23N5O4/c1-33-18-3-4-21-19(13-18)20(14-26-21)16-6-9-27(10-7-16)24(30)17-2-5-22(23(12-17)29(31)32)28-11-8-25-15-28/h2-5,8,11-16,26H,6-7,9-10H2,1H3. The van der Waals surface area contributed by atoms with Gasteiger partial charge in [0, 0.05) is 54.2 Å². The van der Waals surface area contributed by atoms with E-state index in [1.165, 1.54) is 18.0 Å². The maximum absolute atomic E-state index is 13.1. The Morgan fingerprint density at radius 1 is 1.21 bits per heavy atom. The Morgan fingerprint density at radius 3 is 2.73 bits per heavy atom. The zero-order chi connectivity index (χ0) is 22.9. The number of ether oxygens (including phenoxy) is 1. The van der Waals surface area contributed by atoms with Crippen LogP contribution in [-0.2, 0) is 0 Å². The quantitative estimate of drug-likeness (QED) is 0.364. The largest absolute Gasteiger partial charge is 0.497 e. The molecule has 4 aromatic rings. The monoisotopic (exact) mass is 445 g/mol. The minimum Gasteiger partial charge on any atom is -0.497 e. The van der Waals surface area contributed by atoms with Crippen LogP contribution in [-0.4, -0.2) is 50.5 Å². The van der Waals surface area contributed by atoms with Crippen molar-refractivity contribution in [2.24, 2.45) is 0 Å². The number of aromatic amines is 1. The minimum atomic E-state index is -0.469. The number of hydrogen-bond acceptors (Lipinski definition) is 5. The lowest BCUT2D eigenvalue weighted by Gasteiger charge is -2.32. The van der Waals surface area contributed by atoms with Gasteiger partial charge in [-0.15, -0.1) is 0 Å². The van der Waals surface area contributed by atoms with E-state index in [4.69, 9.17) is 4.74 Å². The normalized spacial score (nSPS) is 14.5. The Balaban J connectivity index is 1.33. The molecule has 0 bridgehead atoms. The van der Waals surface area contributed by atoms with Crippen molar-refractivity contribution >= 4 is 22.5 Å². The van der Waals surface area contributed by atoms with Crippen LogP contribution < -0.4 is 4.74 Å². The highest BCUT2D eigenvalue weighted by molar-refractivity contribution is 5.95. The van der Waals surface area contributed by atoms with Crippen LogP contribution in [0.1, 0.15) is 34.7 Å². The Kier molecular flexibility index (Phi) is 5.29. The molecule has 5 rings (SSSR count). The van der Waals surface area contributed by atoms with Gasteiger partial charge in [0.2, 0.25) is 0 Å². The van der Waals surface area contributed by atoms with Crippen molar-refractivity contribution < 1.29 is 14.5 Å². The van der Waals surface area contributed by atoms with Crippen LogP contribution in [0, 0.1) is 10.1 Å². The third-order valence-electron chi connectivity index (χ3n) is 6.34. The molecule has 1 fully saturated rings. The molecule has 1 amide bonds. The summed E-state index contributed by atoms with van der Waals surface area (Å²) in [5.41, 5.74) is 2.87. The second kappa shape index (κ2) is 8.42.